The van der Waals surface area contributed by atoms with E-state index in [9.17, 15) is 18.0 Å². The lowest BCUT2D eigenvalue weighted by molar-refractivity contribution is -0.205. The summed E-state index contributed by atoms with van der Waals surface area (Å²) in [6.07, 6.45) is 14.3. The van der Waals surface area contributed by atoms with Crippen molar-refractivity contribution in [3.63, 3.8) is 0 Å². The van der Waals surface area contributed by atoms with E-state index in [1.807, 2.05) is 4.90 Å². The van der Waals surface area contributed by atoms with Crippen molar-refractivity contribution in [2.24, 2.45) is 44.3 Å². The number of fused-ring (bicyclic) bond motifs is 6. The predicted octanol–water partition coefficient (Wildman–Crippen LogP) is 7.81. The summed E-state index contributed by atoms with van der Waals surface area (Å²) in [5.74, 6) is 1.12. The lowest BCUT2D eigenvalue weighted by Gasteiger charge is -2.71. The van der Waals surface area contributed by atoms with E-state index in [0.29, 0.717) is 30.5 Å². The van der Waals surface area contributed by atoms with E-state index in [1.54, 1.807) is 30.1 Å². The number of aromatic nitrogens is 1. The first-order chi connectivity index (χ1) is 22.4. The van der Waals surface area contributed by atoms with E-state index in [-0.39, 0.29) is 56.6 Å². The van der Waals surface area contributed by atoms with Crippen LogP contribution in [0.1, 0.15) is 129 Å². The second-order valence-corrected chi connectivity index (χ2v) is 21.1. The zero-order valence-corrected chi connectivity index (χ0v) is 31.3. The summed E-state index contributed by atoms with van der Waals surface area (Å²) < 4.78 is 30.8. The average Bonchev–Trinajstić information content (AvgIpc) is 3.02. The molecule has 1 amide bonds. The highest BCUT2D eigenvalue weighted by atomic mass is 32.2. The third-order valence-electron chi connectivity index (χ3n) is 15.7. The topological polar surface area (TPSA) is 93.6 Å². The Hall–Kier alpha value is -2.22. The number of ether oxygens (including phenoxy) is 1. The van der Waals surface area contributed by atoms with Crippen LogP contribution in [0.3, 0.4) is 0 Å². The van der Waals surface area contributed by atoms with E-state index < -0.39 is 15.3 Å². The first-order valence-corrected chi connectivity index (χ1v) is 20.5. The lowest BCUT2D eigenvalue weighted by Crippen LogP contribution is -2.65. The Bertz CT molecular complexity index is 1620. The van der Waals surface area contributed by atoms with Gasteiger partial charge in [-0.1, -0.05) is 59.6 Å². The summed E-state index contributed by atoms with van der Waals surface area (Å²) in [5.41, 5.74) is 3.34. The number of amides is 1. The zero-order valence-electron chi connectivity index (χ0n) is 30.5. The molecule has 8 heteroatoms. The number of carbonyl (C=O) groups excluding carboxylic acids is 2. The molecule has 48 heavy (non-hydrogen) atoms. The molecule has 1 aromatic heterocycles. The van der Waals surface area contributed by atoms with E-state index in [0.717, 1.165) is 70.6 Å². The van der Waals surface area contributed by atoms with Gasteiger partial charge < -0.3 is 9.64 Å². The smallest absolute Gasteiger partial charge is 0.339 e. The molecule has 0 aromatic carbocycles. The molecule has 5 fully saturated rings. The minimum Gasteiger partial charge on any atom is -0.458 e. The Morgan fingerprint density at radius 3 is 2.25 bits per heavy atom. The zero-order chi connectivity index (χ0) is 34.5. The molecular formula is C40H58N2O5S. The van der Waals surface area contributed by atoms with Gasteiger partial charge in [-0.15, -0.1) is 0 Å². The molecule has 0 unspecified atom stereocenters. The average molecular weight is 679 g/mol. The fraction of sp³-hybridized carbons (Fsp3) is 0.775. The fourth-order valence-corrected chi connectivity index (χ4v) is 13.9. The molecule has 1 aliphatic heterocycles. The van der Waals surface area contributed by atoms with Crippen molar-refractivity contribution in [2.45, 2.75) is 125 Å². The molecule has 6 aliphatic rings. The molecule has 4 saturated carbocycles. The predicted molar refractivity (Wildman–Crippen MR) is 188 cm³/mol. The van der Waals surface area contributed by atoms with E-state index >= 15 is 0 Å². The maximum absolute atomic E-state index is 14.6. The molecule has 0 bridgehead atoms. The minimum atomic E-state index is -3.06. The number of hydrogen-bond acceptors (Lipinski definition) is 6. The maximum atomic E-state index is 14.6. The van der Waals surface area contributed by atoms with Crippen molar-refractivity contribution in [2.75, 3.05) is 24.6 Å². The third kappa shape index (κ3) is 4.98. The summed E-state index contributed by atoms with van der Waals surface area (Å²) in [5, 5.41) is 0. The van der Waals surface area contributed by atoms with Crippen LogP contribution in [-0.4, -0.2) is 60.9 Å². The molecule has 0 radical (unpaired) electrons. The standard InChI is InChI=1S/C40H58N2O5S/c1-35(2)16-18-40(34(44)42-21-23-48(45,46)24-22-42)19-17-38(6)28(29(40)25-35)10-11-31-37(5)14-13-32(47-33(43)27-9-8-20-41-26-27)36(3,4)30(37)12-15-39(31,38)7/h8-9,20,26,30-32H,10-19,21-25H2,1-7H3/t30-,31+,32-,37-,38+,39+,40-/m0/s1. The van der Waals surface area contributed by atoms with Crippen LogP contribution in [0.4, 0.5) is 0 Å². The summed E-state index contributed by atoms with van der Waals surface area (Å²) in [6.45, 7) is 17.8. The van der Waals surface area contributed by atoms with Gasteiger partial charge in [0, 0.05) is 30.9 Å². The third-order valence-corrected chi connectivity index (χ3v) is 17.3. The van der Waals surface area contributed by atoms with Crippen LogP contribution < -0.4 is 0 Å². The van der Waals surface area contributed by atoms with Gasteiger partial charge in [0.25, 0.3) is 0 Å². The number of esters is 1. The molecule has 264 valence electrons. The molecule has 1 saturated heterocycles. The first kappa shape index (κ1) is 34.2. The maximum Gasteiger partial charge on any atom is 0.339 e. The van der Waals surface area contributed by atoms with E-state index in [2.05, 4.69) is 53.5 Å². The quantitative estimate of drug-likeness (QED) is 0.239. The van der Waals surface area contributed by atoms with Crippen molar-refractivity contribution >= 4 is 21.7 Å². The number of allylic oxidation sites excluding steroid dienone is 1. The van der Waals surface area contributed by atoms with Crippen molar-refractivity contribution < 1.29 is 22.7 Å². The fourth-order valence-electron chi connectivity index (χ4n) is 12.7. The van der Waals surface area contributed by atoms with Gasteiger partial charge in [0.1, 0.15) is 6.10 Å². The van der Waals surface area contributed by atoms with Gasteiger partial charge in [-0.2, -0.15) is 0 Å². The summed E-state index contributed by atoms with van der Waals surface area (Å²) in [6, 6.07) is 3.57. The van der Waals surface area contributed by atoms with Gasteiger partial charge in [0.05, 0.1) is 22.5 Å². The number of sulfone groups is 1. The second kappa shape index (κ2) is 11.1. The van der Waals surface area contributed by atoms with Crippen LogP contribution >= 0.6 is 0 Å². The Morgan fingerprint density at radius 1 is 0.854 bits per heavy atom. The number of carbonyl (C=O) groups is 2. The molecular weight excluding hydrogens is 621 g/mol. The number of hydrogen-bond donors (Lipinski definition) is 0. The molecule has 0 spiro atoms. The minimum absolute atomic E-state index is 0.0232. The lowest BCUT2D eigenvalue weighted by atomic mass is 9.34. The molecule has 1 aromatic rings. The molecule has 7 atom stereocenters. The molecule has 2 heterocycles. The molecule has 7 rings (SSSR count). The van der Waals surface area contributed by atoms with Gasteiger partial charge in [0.15, 0.2) is 9.84 Å². The number of nitrogens with zero attached hydrogens (tertiary/aromatic N) is 2. The van der Waals surface area contributed by atoms with Gasteiger partial charge in [-0.05, 0) is 116 Å². The normalized spacial score (nSPS) is 41.2. The van der Waals surface area contributed by atoms with Crippen LogP contribution in [0.5, 0.6) is 0 Å². The van der Waals surface area contributed by atoms with Crippen LogP contribution in [0.2, 0.25) is 0 Å². The summed E-state index contributed by atoms with van der Waals surface area (Å²) in [7, 11) is -3.06. The van der Waals surface area contributed by atoms with Gasteiger partial charge in [-0.25, -0.2) is 13.2 Å². The Morgan fingerprint density at radius 2 is 1.56 bits per heavy atom. The Kier molecular flexibility index (Phi) is 7.95. The van der Waals surface area contributed by atoms with Crippen LogP contribution in [0.25, 0.3) is 0 Å². The first-order valence-electron chi connectivity index (χ1n) is 18.7. The van der Waals surface area contributed by atoms with Crippen molar-refractivity contribution in [1.29, 1.82) is 0 Å². The highest BCUT2D eigenvalue weighted by Crippen LogP contribution is 2.75. The molecule has 5 aliphatic carbocycles. The van der Waals surface area contributed by atoms with Crippen molar-refractivity contribution in [1.82, 2.24) is 9.88 Å². The largest absolute Gasteiger partial charge is 0.458 e. The van der Waals surface area contributed by atoms with Crippen molar-refractivity contribution in [3.05, 3.63) is 41.2 Å². The Balaban J connectivity index is 1.20. The van der Waals surface area contributed by atoms with E-state index in [4.69, 9.17) is 4.74 Å². The second-order valence-electron chi connectivity index (χ2n) is 18.8. The van der Waals surface area contributed by atoms with Crippen LogP contribution in [0.15, 0.2) is 35.7 Å². The van der Waals surface area contributed by atoms with Gasteiger partial charge in [0.2, 0.25) is 5.91 Å². The number of rotatable bonds is 3. The number of pyridine rings is 1. The Labute approximate surface area is 289 Å². The van der Waals surface area contributed by atoms with E-state index in [1.165, 1.54) is 5.57 Å². The van der Waals surface area contributed by atoms with Crippen LogP contribution in [-0.2, 0) is 19.4 Å². The molecule has 0 N–H and O–H groups in total. The SMILES string of the molecule is CC1(C)CC[C@]2(C(=O)N3CCS(=O)(=O)CC3)CC[C@]3(C)C(=C2C1)CC[C@@H]1[C@@]2(C)CC[C@H](OC(=O)c4cccnc4)C(C)(C)[C@@H]2CC[C@]13C. The van der Waals surface area contributed by atoms with Gasteiger partial charge >= 0.3 is 5.97 Å². The monoisotopic (exact) mass is 678 g/mol. The van der Waals surface area contributed by atoms with Crippen LogP contribution in [0, 0.1) is 44.3 Å². The summed E-state index contributed by atoms with van der Waals surface area (Å²) in [4.78, 5) is 33.8. The molecule has 7 nitrogen and oxygen atoms in total. The highest BCUT2D eigenvalue weighted by molar-refractivity contribution is 7.91. The highest BCUT2D eigenvalue weighted by Gasteiger charge is 2.68. The van der Waals surface area contributed by atoms with Gasteiger partial charge in [-0.3, -0.25) is 9.78 Å². The summed E-state index contributed by atoms with van der Waals surface area (Å²) >= 11 is 0. The van der Waals surface area contributed by atoms with Crippen molar-refractivity contribution in [3.8, 4) is 0 Å².